The van der Waals surface area contributed by atoms with Crippen LogP contribution in [0.3, 0.4) is 0 Å². The Labute approximate surface area is 112 Å². The molecule has 1 saturated heterocycles. The van der Waals surface area contributed by atoms with Crippen LogP contribution < -0.4 is 5.32 Å². The molecule has 0 saturated carbocycles. The summed E-state index contributed by atoms with van der Waals surface area (Å²) in [7, 11) is 1.93. The Bertz CT molecular complexity index is 507. The molecule has 19 heavy (non-hydrogen) atoms. The van der Waals surface area contributed by atoms with Gasteiger partial charge in [0.1, 0.15) is 5.76 Å². The molecule has 5 nitrogen and oxygen atoms in total. The van der Waals surface area contributed by atoms with Crippen LogP contribution in [0.2, 0.25) is 0 Å². The van der Waals surface area contributed by atoms with Gasteiger partial charge in [-0.3, -0.25) is 4.68 Å². The minimum absolute atomic E-state index is 0.165. The third kappa shape index (κ3) is 2.88. The number of hydrogen-bond acceptors (Lipinski definition) is 4. The molecule has 0 amide bonds. The summed E-state index contributed by atoms with van der Waals surface area (Å²) in [6, 6.07) is 3.89. The first-order valence-corrected chi connectivity index (χ1v) is 6.66. The van der Waals surface area contributed by atoms with E-state index in [4.69, 9.17) is 9.15 Å². The smallest absolute Gasteiger partial charge is 0.117 e. The molecule has 5 heteroatoms. The van der Waals surface area contributed by atoms with Gasteiger partial charge in [-0.1, -0.05) is 0 Å². The van der Waals surface area contributed by atoms with E-state index >= 15 is 0 Å². The van der Waals surface area contributed by atoms with Crippen LogP contribution in [0.4, 0.5) is 0 Å². The number of ether oxygens (including phenoxy) is 1. The van der Waals surface area contributed by atoms with Crippen LogP contribution in [0.25, 0.3) is 0 Å². The van der Waals surface area contributed by atoms with Crippen LogP contribution in [0, 0.1) is 5.92 Å². The Morgan fingerprint density at radius 1 is 1.53 bits per heavy atom. The lowest BCUT2D eigenvalue weighted by Gasteiger charge is -2.17. The minimum atomic E-state index is 0.165. The van der Waals surface area contributed by atoms with E-state index in [9.17, 15) is 0 Å². The largest absolute Gasteiger partial charge is 0.468 e. The van der Waals surface area contributed by atoms with Crippen molar-refractivity contribution in [1.82, 2.24) is 15.1 Å². The lowest BCUT2D eigenvalue weighted by atomic mass is 9.97. The first-order valence-electron chi connectivity index (χ1n) is 6.66. The lowest BCUT2D eigenvalue weighted by molar-refractivity contribution is 0.0903. The zero-order valence-electron chi connectivity index (χ0n) is 11.1. The summed E-state index contributed by atoms with van der Waals surface area (Å²) < 4.78 is 13.0. The topological polar surface area (TPSA) is 52.2 Å². The van der Waals surface area contributed by atoms with Crippen molar-refractivity contribution >= 4 is 0 Å². The predicted molar refractivity (Wildman–Crippen MR) is 70.4 cm³/mol. The number of aryl methyl sites for hydroxylation is 1. The van der Waals surface area contributed by atoms with Crippen molar-refractivity contribution in [2.45, 2.75) is 19.1 Å². The molecule has 0 unspecified atom stereocenters. The van der Waals surface area contributed by atoms with Gasteiger partial charge in [-0.2, -0.15) is 5.10 Å². The minimum Gasteiger partial charge on any atom is -0.468 e. The molecule has 3 heterocycles. The molecular weight excluding hydrogens is 242 g/mol. The average Bonchev–Trinajstić information content (AvgIpc) is 3.10. The van der Waals surface area contributed by atoms with Crippen LogP contribution >= 0.6 is 0 Å². The molecule has 102 valence electrons. The van der Waals surface area contributed by atoms with Crippen LogP contribution in [0.5, 0.6) is 0 Å². The van der Waals surface area contributed by atoms with Gasteiger partial charge in [0.15, 0.2) is 0 Å². The second-order valence-electron chi connectivity index (χ2n) is 5.00. The maximum absolute atomic E-state index is 5.84. The molecule has 1 fully saturated rings. The second kappa shape index (κ2) is 5.59. The van der Waals surface area contributed by atoms with Crippen molar-refractivity contribution < 1.29 is 9.15 Å². The van der Waals surface area contributed by atoms with Gasteiger partial charge >= 0.3 is 0 Å². The summed E-state index contributed by atoms with van der Waals surface area (Å²) in [4.78, 5) is 0. The summed E-state index contributed by atoms with van der Waals surface area (Å²) in [5.74, 6) is 1.47. The van der Waals surface area contributed by atoms with E-state index in [0.29, 0.717) is 5.92 Å². The Morgan fingerprint density at radius 2 is 2.47 bits per heavy atom. The van der Waals surface area contributed by atoms with Gasteiger partial charge in [0.25, 0.3) is 0 Å². The summed E-state index contributed by atoms with van der Waals surface area (Å²) >= 11 is 0. The highest BCUT2D eigenvalue weighted by Crippen LogP contribution is 2.33. The highest BCUT2D eigenvalue weighted by Gasteiger charge is 2.30. The standard InChI is InChI=1S/C14H19N3O2/c1-17-10-12(8-16-17)14-11(4-6-19-14)7-15-9-13-3-2-5-18-13/h2-3,5,8,10-11,14-15H,4,6-7,9H2,1H3/t11-,14-/m1/s1. The first-order chi connectivity index (χ1) is 9.33. The van der Waals surface area contributed by atoms with E-state index in [0.717, 1.165) is 31.9 Å². The predicted octanol–water partition coefficient (Wildman–Crippen LogP) is 1.88. The zero-order chi connectivity index (χ0) is 13.1. The summed E-state index contributed by atoms with van der Waals surface area (Å²) in [5.41, 5.74) is 1.17. The van der Waals surface area contributed by atoms with E-state index in [1.165, 1.54) is 5.56 Å². The number of furan rings is 1. The molecule has 1 N–H and O–H groups in total. The molecule has 2 atom stereocenters. The second-order valence-corrected chi connectivity index (χ2v) is 5.00. The molecular formula is C14H19N3O2. The van der Waals surface area contributed by atoms with Crippen molar-refractivity contribution in [2.24, 2.45) is 13.0 Å². The van der Waals surface area contributed by atoms with E-state index in [1.807, 2.05) is 36.3 Å². The molecule has 1 aliphatic rings. The number of rotatable bonds is 5. The maximum Gasteiger partial charge on any atom is 0.117 e. The van der Waals surface area contributed by atoms with Gasteiger partial charge in [-0.05, 0) is 18.6 Å². The van der Waals surface area contributed by atoms with E-state index in [2.05, 4.69) is 10.4 Å². The number of nitrogens with one attached hydrogen (secondary N) is 1. The number of nitrogens with zero attached hydrogens (tertiary/aromatic N) is 2. The number of aromatic nitrogens is 2. The molecule has 0 spiro atoms. The van der Waals surface area contributed by atoms with E-state index in [-0.39, 0.29) is 6.10 Å². The number of hydrogen-bond donors (Lipinski definition) is 1. The van der Waals surface area contributed by atoms with Crippen molar-refractivity contribution in [3.05, 3.63) is 42.1 Å². The molecule has 2 aromatic rings. The fourth-order valence-electron chi connectivity index (χ4n) is 2.59. The Morgan fingerprint density at radius 3 is 3.21 bits per heavy atom. The maximum atomic E-state index is 5.84. The van der Waals surface area contributed by atoms with Crippen molar-refractivity contribution in [3.8, 4) is 0 Å². The fraction of sp³-hybridized carbons (Fsp3) is 0.500. The summed E-state index contributed by atoms with van der Waals surface area (Å²) in [5, 5.41) is 7.65. The van der Waals surface area contributed by atoms with Gasteiger partial charge in [0.05, 0.1) is 25.1 Å². The lowest BCUT2D eigenvalue weighted by Crippen LogP contribution is -2.24. The molecule has 2 aromatic heterocycles. The SMILES string of the molecule is Cn1cc([C@@H]2OCC[C@@H]2CNCc2ccco2)cn1. The quantitative estimate of drug-likeness (QED) is 0.893. The first kappa shape index (κ1) is 12.4. The van der Waals surface area contributed by atoms with Crippen LogP contribution in [0.1, 0.15) is 23.8 Å². The third-order valence-corrected chi connectivity index (χ3v) is 3.55. The average molecular weight is 261 g/mol. The molecule has 0 bridgehead atoms. The molecule has 0 aliphatic carbocycles. The monoisotopic (exact) mass is 261 g/mol. The Kier molecular flexibility index (Phi) is 3.66. The van der Waals surface area contributed by atoms with Crippen molar-refractivity contribution in [3.63, 3.8) is 0 Å². The van der Waals surface area contributed by atoms with Crippen molar-refractivity contribution in [1.29, 1.82) is 0 Å². The van der Waals surface area contributed by atoms with Crippen molar-refractivity contribution in [2.75, 3.05) is 13.2 Å². The zero-order valence-corrected chi connectivity index (χ0v) is 11.1. The molecule has 1 aliphatic heterocycles. The third-order valence-electron chi connectivity index (χ3n) is 3.55. The van der Waals surface area contributed by atoms with E-state index < -0.39 is 0 Å². The van der Waals surface area contributed by atoms with Gasteiger partial charge in [0.2, 0.25) is 0 Å². The summed E-state index contributed by atoms with van der Waals surface area (Å²) in [6.07, 6.45) is 6.89. The van der Waals surface area contributed by atoms with Crippen LogP contribution in [-0.4, -0.2) is 22.9 Å². The highest BCUT2D eigenvalue weighted by atomic mass is 16.5. The highest BCUT2D eigenvalue weighted by molar-refractivity contribution is 5.11. The fourth-order valence-corrected chi connectivity index (χ4v) is 2.59. The summed E-state index contributed by atoms with van der Waals surface area (Å²) in [6.45, 7) is 2.52. The Balaban J connectivity index is 1.55. The molecule has 0 aromatic carbocycles. The van der Waals surface area contributed by atoms with Gasteiger partial charge in [0, 0.05) is 37.9 Å². The van der Waals surface area contributed by atoms with E-state index in [1.54, 1.807) is 6.26 Å². The normalized spacial score (nSPS) is 23.0. The van der Waals surface area contributed by atoms with Crippen LogP contribution in [0.15, 0.2) is 35.2 Å². The van der Waals surface area contributed by atoms with Crippen LogP contribution in [-0.2, 0) is 18.3 Å². The molecule has 3 rings (SSSR count). The Hall–Kier alpha value is -1.59. The van der Waals surface area contributed by atoms with Gasteiger partial charge in [-0.25, -0.2) is 0 Å². The molecule has 0 radical (unpaired) electrons. The van der Waals surface area contributed by atoms with Gasteiger partial charge < -0.3 is 14.5 Å². The van der Waals surface area contributed by atoms with Gasteiger partial charge in [-0.15, -0.1) is 0 Å².